The van der Waals surface area contributed by atoms with Crippen LogP contribution in [0.1, 0.15) is 0 Å². The summed E-state index contributed by atoms with van der Waals surface area (Å²) in [6.45, 7) is 0. The molecule has 0 aliphatic heterocycles. The molecule has 12 radical (unpaired) electrons. The first-order valence-electron chi connectivity index (χ1n) is 1.47. The average Bonchev–Trinajstić information content (AvgIpc) is 1.87. The van der Waals surface area contributed by atoms with Gasteiger partial charge in [-0.25, -0.2) is 0 Å². The summed E-state index contributed by atoms with van der Waals surface area (Å²) >= 11 is 0. The molecule has 0 bridgehead atoms. The number of hydrogen-bond acceptors (Lipinski definition) is 3. The molecule has 38 valence electrons. The van der Waals surface area contributed by atoms with Crippen molar-refractivity contribution in [3.8, 4) is 0 Å². The molecular weight excluding hydrogens is 172 g/mol. The van der Waals surface area contributed by atoms with Crippen LogP contribution in [-0.2, 0) is 13.3 Å². The Morgan fingerprint density at radius 3 is 1.12 bits per heavy atom. The summed E-state index contributed by atoms with van der Waals surface area (Å²) < 4.78 is 13.2. The Balaban J connectivity index is 3.58. The van der Waals surface area contributed by atoms with Gasteiger partial charge in [0.15, 0.2) is 10.2 Å². The quantitative estimate of drug-likeness (QED) is 0.366. The summed E-state index contributed by atoms with van der Waals surface area (Å²) in [7, 11) is 10.9. The summed E-state index contributed by atoms with van der Waals surface area (Å²) in [4.78, 5) is 0. The molecule has 0 amide bonds. The molecule has 3 nitrogen and oxygen atoms in total. The molecule has 0 aromatic heterocycles. The smallest absolute Gasteiger partial charge is 0.253 e. The molecule has 8 heavy (non-hydrogen) atoms. The molecule has 0 unspecified atom stereocenters. The van der Waals surface area contributed by atoms with E-state index >= 15 is 0 Å². The van der Waals surface area contributed by atoms with E-state index in [1.807, 2.05) is 0 Å². The Morgan fingerprint density at radius 2 is 1.12 bits per heavy atom. The highest BCUT2D eigenvalue weighted by molar-refractivity contribution is 6.18. The first kappa shape index (κ1) is 8.75. The van der Waals surface area contributed by atoms with E-state index in [1.54, 1.807) is 0 Å². The topological polar surface area (TPSA) is 27.7 Å². The second kappa shape index (κ2) is 3.71. The molecule has 0 saturated heterocycles. The van der Waals surface area contributed by atoms with Crippen LogP contribution >= 0.6 is 0 Å². The normalized spacial score (nSPS) is 12.0. The highest BCUT2D eigenvalue weighted by Gasteiger charge is 2.19. The van der Waals surface area contributed by atoms with E-state index in [0.717, 1.165) is 0 Å². The lowest BCUT2D eigenvalue weighted by molar-refractivity contribution is -0.177. The molecule has 0 atom stereocenters. The van der Waals surface area contributed by atoms with Gasteiger partial charge in [-0.1, -0.05) is 0 Å². The first-order valence-corrected chi connectivity index (χ1v) is 3.20. The van der Waals surface area contributed by atoms with E-state index in [9.17, 15) is 0 Å². The lowest BCUT2D eigenvalue weighted by atomic mass is 11.3. The van der Waals surface area contributed by atoms with Crippen LogP contribution in [0.3, 0.4) is 0 Å². The van der Waals surface area contributed by atoms with E-state index in [2.05, 4.69) is 55.0 Å². The molecule has 0 aromatic carbocycles. The van der Waals surface area contributed by atoms with Gasteiger partial charge in [0, 0.05) is 0 Å². The molecule has 0 N–H and O–H groups in total. The standard InChI is InChI=1S/CO3Si4/c5-1(2-6,3-7)4-8. The van der Waals surface area contributed by atoms with Gasteiger partial charge >= 0.3 is 0 Å². The summed E-state index contributed by atoms with van der Waals surface area (Å²) in [5.41, 5.74) is -1.33. The highest BCUT2D eigenvalue weighted by atomic mass is 28.2. The molecule has 0 heterocycles. The summed E-state index contributed by atoms with van der Waals surface area (Å²) in [5.74, 6) is 0. The van der Waals surface area contributed by atoms with Gasteiger partial charge in [-0.3, -0.25) is 0 Å². The van der Waals surface area contributed by atoms with Crippen molar-refractivity contribution >= 4 is 41.7 Å². The van der Waals surface area contributed by atoms with Crippen LogP contribution in [-0.4, -0.2) is 47.3 Å². The lowest BCUT2D eigenvalue weighted by Gasteiger charge is -2.24. The number of rotatable bonds is 3. The van der Waals surface area contributed by atoms with Crippen molar-refractivity contribution in [3.05, 3.63) is 0 Å². The van der Waals surface area contributed by atoms with Crippen molar-refractivity contribution in [1.29, 1.82) is 0 Å². The Kier molecular flexibility index (Phi) is 4.06. The Hall–Kier alpha value is 0.748. The van der Waals surface area contributed by atoms with Gasteiger partial charge in [-0.05, 0) is 0 Å². The Bertz CT molecular complexity index is 54.0. The minimum Gasteiger partial charge on any atom is -0.377 e. The van der Waals surface area contributed by atoms with Crippen LogP contribution in [0.2, 0.25) is 0 Å². The third kappa shape index (κ3) is 2.35. The van der Waals surface area contributed by atoms with Gasteiger partial charge in [0.05, 0.1) is 0 Å². The zero-order valence-electron chi connectivity index (χ0n) is 3.72. The van der Waals surface area contributed by atoms with Crippen molar-refractivity contribution in [1.82, 2.24) is 0 Å². The van der Waals surface area contributed by atoms with E-state index in [0.29, 0.717) is 0 Å². The van der Waals surface area contributed by atoms with E-state index < -0.39 is 5.60 Å². The van der Waals surface area contributed by atoms with Crippen LogP contribution in [0.5, 0.6) is 0 Å². The molecular formula is CO3Si4. The lowest BCUT2D eigenvalue weighted by Crippen LogP contribution is -2.37. The van der Waals surface area contributed by atoms with Gasteiger partial charge in [0.2, 0.25) is 5.60 Å². The SMILES string of the molecule is [Si]OC([Si])(O[Si])O[Si]. The van der Waals surface area contributed by atoms with E-state index in [4.69, 9.17) is 0 Å². The van der Waals surface area contributed by atoms with E-state index in [1.165, 1.54) is 0 Å². The third-order valence-corrected chi connectivity index (χ3v) is 2.13. The monoisotopic (exact) mass is 172 g/mol. The zero-order chi connectivity index (χ0) is 6.62. The van der Waals surface area contributed by atoms with Crippen LogP contribution in [0, 0.1) is 0 Å². The summed E-state index contributed by atoms with van der Waals surface area (Å²) in [6, 6.07) is 0. The van der Waals surface area contributed by atoms with Gasteiger partial charge in [0.25, 0.3) is 31.5 Å². The predicted molar refractivity (Wildman–Crippen MR) is 29.0 cm³/mol. The molecule has 0 aliphatic carbocycles. The molecule has 0 aliphatic rings. The summed E-state index contributed by atoms with van der Waals surface area (Å²) in [6.07, 6.45) is 0. The van der Waals surface area contributed by atoms with Crippen molar-refractivity contribution in [2.75, 3.05) is 0 Å². The third-order valence-electron chi connectivity index (χ3n) is 0.403. The second-order valence-electron chi connectivity index (χ2n) is 0.862. The largest absolute Gasteiger partial charge is 0.377 e. The minimum atomic E-state index is -1.33. The van der Waals surface area contributed by atoms with Crippen LogP contribution in [0.15, 0.2) is 0 Å². The Morgan fingerprint density at radius 1 is 0.875 bits per heavy atom. The predicted octanol–water partition coefficient (Wildman–Crippen LogP) is -1.93. The van der Waals surface area contributed by atoms with E-state index in [-0.39, 0.29) is 0 Å². The van der Waals surface area contributed by atoms with Crippen molar-refractivity contribution in [2.45, 2.75) is 5.60 Å². The summed E-state index contributed by atoms with van der Waals surface area (Å²) in [5, 5.41) is 0. The zero-order valence-corrected chi connectivity index (χ0v) is 7.72. The van der Waals surface area contributed by atoms with Gasteiger partial charge in [-0.2, -0.15) is 0 Å². The second-order valence-corrected chi connectivity index (χ2v) is 2.09. The Labute approximate surface area is 61.1 Å². The van der Waals surface area contributed by atoms with Crippen molar-refractivity contribution in [2.24, 2.45) is 0 Å². The maximum absolute atomic E-state index is 4.41. The van der Waals surface area contributed by atoms with Gasteiger partial charge in [0.1, 0.15) is 0 Å². The van der Waals surface area contributed by atoms with Crippen LogP contribution in [0.25, 0.3) is 0 Å². The highest BCUT2D eigenvalue weighted by Crippen LogP contribution is 2.02. The first-order chi connectivity index (χ1) is 3.68. The fourth-order valence-electron chi connectivity index (χ4n) is 0.0625. The molecule has 7 heteroatoms. The molecule has 0 aromatic rings. The fraction of sp³-hybridized carbons (Fsp3) is 1.00. The number of hydrogen-bond donors (Lipinski definition) is 0. The molecule has 0 spiro atoms. The van der Waals surface area contributed by atoms with Crippen molar-refractivity contribution < 1.29 is 13.3 Å². The van der Waals surface area contributed by atoms with Crippen LogP contribution in [0.4, 0.5) is 0 Å². The average molecular weight is 172 g/mol. The maximum atomic E-state index is 4.41. The molecule has 0 fully saturated rings. The maximum Gasteiger partial charge on any atom is 0.253 e. The molecule has 0 saturated carbocycles. The van der Waals surface area contributed by atoms with Gasteiger partial charge in [-0.15, -0.1) is 0 Å². The minimum absolute atomic E-state index is 1.33. The molecule has 0 rings (SSSR count). The van der Waals surface area contributed by atoms with Crippen molar-refractivity contribution in [3.63, 3.8) is 0 Å². The fourth-order valence-corrected chi connectivity index (χ4v) is 0.563. The van der Waals surface area contributed by atoms with Gasteiger partial charge < -0.3 is 13.3 Å². The van der Waals surface area contributed by atoms with Crippen LogP contribution < -0.4 is 0 Å².